The molecule has 21 heavy (non-hydrogen) atoms. The number of morpholine rings is 1. The Hall–Kier alpha value is -1.63. The van der Waals surface area contributed by atoms with E-state index in [4.69, 9.17) is 16.3 Å². The van der Waals surface area contributed by atoms with Gasteiger partial charge in [0, 0.05) is 13.1 Å². The van der Waals surface area contributed by atoms with Crippen LogP contribution >= 0.6 is 22.9 Å². The summed E-state index contributed by atoms with van der Waals surface area (Å²) in [5.41, 5.74) is 0.668. The molecule has 3 rings (SSSR count). The van der Waals surface area contributed by atoms with Crippen LogP contribution in [0.15, 0.2) is 30.5 Å². The molecule has 0 aromatic carbocycles. The predicted octanol–water partition coefficient (Wildman–Crippen LogP) is 2.89. The van der Waals surface area contributed by atoms with Gasteiger partial charge in [0.15, 0.2) is 0 Å². The molecule has 1 saturated heterocycles. The van der Waals surface area contributed by atoms with E-state index < -0.39 is 0 Å². The SMILES string of the molecule is O=C(Nc1ccc(N2CCOCC2)nc1)c1ccc(Cl)s1. The first-order valence-electron chi connectivity index (χ1n) is 6.58. The number of hydrogen-bond acceptors (Lipinski definition) is 5. The summed E-state index contributed by atoms with van der Waals surface area (Å²) in [4.78, 5) is 19.1. The van der Waals surface area contributed by atoms with Crippen molar-refractivity contribution < 1.29 is 9.53 Å². The minimum atomic E-state index is -0.173. The number of aromatic nitrogens is 1. The van der Waals surface area contributed by atoms with Gasteiger partial charge in [-0.25, -0.2) is 4.98 Å². The molecule has 0 atom stereocenters. The second kappa shape index (κ2) is 6.43. The fraction of sp³-hybridized carbons (Fsp3) is 0.286. The number of amides is 1. The van der Waals surface area contributed by atoms with E-state index in [2.05, 4.69) is 15.2 Å². The largest absolute Gasteiger partial charge is 0.378 e. The lowest BCUT2D eigenvalue weighted by Crippen LogP contribution is -2.36. The summed E-state index contributed by atoms with van der Waals surface area (Å²) in [5, 5.41) is 2.81. The maximum absolute atomic E-state index is 12.0. The van der Waals surface area contributed by atoms with Gasteiger partial charge in [-0.05, 0) is 24.3 Å². The summed E-state index contributed by atoms with van der Waals surface area (Å²) in [6.07, 6.45) is 1.66. The zero-order valence-corrected chi connectivity index (χ0v) is 12.8. The molecule has 2 aromatic rings. The average molecular weight is 324 g/mol. The van der Waals surface area contributed by atoms with Gasteiger partial charge in [-0.1, -0.05) is 11.6 Å². The number of nitrogens with one attached hydrogen (secondary N) is 1. The predicted molar refractivity (Wildman–Crippen MR) is 84.6 cm³/mol. The number of ether oxygens (including phenoxy) is 1. The van der Waals surface area contributed by atoms with Gasteiger partial charge in [0.25, 0.3) is 5.91 Å². The Labute approximate surface area is 131 Å². The molecule has 0 bridgehead atoms. The normalized spacial score (nSPS) is 15.0. The van der Waals surface area contributed by atoms with Crippen LogP contribution in [0.2, 0.25) is 4.34 Å². The molecule has 0 saturated carbocycles. The maximum Gasteiger partial charge on any atom is 0.265 e. The summed E-state index contributed by atoms with van der Waals surface area (Å²) in [5.74, 6) is 0.725. The van der Waals surface area contributed by atoms with Crippen molar-refractivity contribution in [3.63, 3.8) is 0 Å². The van der Waals surface area contributed by atoms with Gasteiger partial charge in [0.05, 0.1) is 34.3 Å². The molecule has 1 fully saturated rings. The topological polar surface area (TPSA) is 54.5 Å². The van der Waals surface area contributed by atoms with Gasteiger partial charge in [-0.3, -0.25) is 4.79 Å². The van der Waals surface area contributed by atoms with Crippen molar-refractivity contribution in [1.29, 1.82) is 0 Å². The van der Waals surface area contributed by atoms with E-state index in [1.807, 2.05) is 12.1 Å². The van der Waals surface area contributed by atoms with Gasteiger partial charge >= 0.3 is 0 Å². The van der Waals surface area contributed by atoms with Gasteiger partial charge in [0.2, 0.25) is 0 Å². The molecule has 0 spiro atoms. The number of rotatable bonds is 3. The summed E-state index contributed by atoms with van der Waals surface area (Å²) in [7, 11) is 0. The third-order valence-corrected chi connectivity index (χ3v) is 4.37. The Bertz CT molecular complexity index is 623. The molecule has 1 aliphatic heterocycles. The second-order valence-corrected chi connectivity index (χ2v) is 6.28. The lowest BCUT2D eigenvalue weighted by atomic mass is 10.3. The zero-order valence-electron chi connectivity index (χ0n) is 11.2. The third-order valence-electron chi connectivity index (χ3n) is 3.14. The second-order valence-electron chi connectivity index (χ2n) is 4.56. The van der Waals surface area contributed by atoms with Crippen LogP contribution in [-0.4, -0.2) is 37.2 Å². The van der Waals surface area contributed by atoms with Gasteiger partial charge in [-0.2, -0.15) is 0 Å². The van der Waals surface area contributed by atoms with Gasteiger partial charge in [0.1, 0.15) is 5.82 Å². The summed E-state index contributed by atoms with van der Waals surface area (Å²) in [6.45, 7) is 3.12. The van der Waals surface area contributed by atoms with E-state index in [1.54, 1.807) is 18.3 Å². The summed E-state index contributed by atoms with van der Waals surface area (Å²) >= 11 is 7.08. The molecular formula is C14H14ClN3O2S. The molecule has 0 unspecified atom stereocenters. The van der Waals surface area contributed by atoms with E-state index in [-0.39, 0.29) is 5.91 Å². The number of anilines is 2. The number of halogens is 1. The summed E-state index contributed by atoms with van der Waals surface area (Å²) in [6, 6.07) is 7.17. The standard InChI is InChI=1S/C14H14ClN3O2S/c15-12-3-2-11(21-12)14(19)17-10-1-4-13(16-9-10)18-5-7-20-8-6-18/h1-4,9H,5-8H2,(H,17,19). The molecule has 0 radical (unpaired) electrons. The zero-order chi connectivity index (χ0) is 14.7. The maximum atomic E-state index is 12.0. The van der Waals surface area contributed by atoms with Crippen molar-refractivity contribution >= 4 is 40.4 Å². The monoisotopic (exact) mass is 323 g/mol. The number of nitrogens with zero attached hydrogens (tertiary/aromatic N) is 2. The molecular weight excluding hydrogens is 310 g/mol. The van der Waals surface area contributed by atoms with Crippen molar-refractivity contribution in [1.82, 2.24) is 4.98 Å². The molecule has 0 aliphatic carbocycles. The molecule has 7 heteroatoms. The molecule has 1 aliphatic rings. The lowest BCUT2D eigenvalue weighted by molar-refractivity contribution is 0.103. The van der Waals surface area contributed by atoms with Crippen molar-refractivity contribution in [2.75, 3.05) is 36.5 Å². The highest BCUT2D eigenvalue weighted by molar-refractivity contribution is 7.18. The first-order chi connectivity index (χ1) is 10.2. The van der Waals surface area contributed by atoms with Crippen LogP contribution < -0.4 is 10.2 Å². The number of carbonyl (C=O) groups is 1. The number of carbonyl (C=O) groups excluding carboxylic acids is 1. The van der Waals surface area contributed by atoms with Crippen LogP contribution in [0, 0.1) is 0 Å². The molecule has 1 N–H and O–H groups in total. The third kappa shape index (κ3) is 3.53. The van der Waals surface area contributed by atoms with Gasteiger partial charge < -0.3 is 15.0 Å². The van der Waals surface area contributed by atoms with E-state index >= 15 is 0 Å². The van der Waals surface area contributed by atoms with Crippen LogP contribution in [0.1, 0.15) is 9.67 Å². The molecule has 3 heterocycles. The smallest absolute Gasteiger partial charge is 0.265 e. The Morgan fingerprint density at radius 2 is 2.10 bits per heavy atom. The number of hydrogen-bond donors (Lipinski definition) is 1. The quantitative estimate of drug-likeness (QED) is 0.943. The van der Waals surface area contributed by atoms with Crippen LogP contribution in [0.5, 0.6) is 0 Å². The minimum absolute atomic E-state index is 0.173. The molecule has 110 valence electrons. The van der Waals surface area contributed by atoms with E-state index in [0.29, 0.717) is 14.9 Å². The van der Waals surface area contributed by atoms with Gasteiger partial charge in [-0.15, -0.1) is 11.3 Å². The van der Waals surface area contributed by atoms with E-state index in [0.717, 1.165) is 32.1 Å². The number of thiophene rings is 1. The highest BCUT2D eigenvalue weighted by Gasteiger charge is 2.13. The summed E-state index contributed by atoms with van der Waals surface area (Å²) < 4.78 is 5.91. The Balaban J connectivity index is 1.65. The first kappa shape index (κ1) is 14.3. The Morgan fingerprint density at radius 1 is 1.29 bits per heavy atom. The fourth-order valence-corrected chi connectivity index (χ4v) is 3.01. The van der Waals surface area contributed by atoms with Crippen molar-refractivity contribution in [3.8, 4) is 0 Å². The van der Waals surface area contributed by atoms with Crippen molar-refractivity contribution in [2.24, 2.45) is 0 Å². The minimum Gasteiger partial charge on any atom is -0.378 e. The molecule has 2 aromatic heterocycles. The lowest BCUT2D eigenvalue weighted by Gasteiger charge is -2.27. The van der Waals surface area contributed by atoms with Crippen molar-refractivity contribution in [2.45, 2.75) is 0 Å². The highest BCUT2D eigenvalue weighted by atomic mass is 35.5. The van der Waals surface area contributed by atoms with Crippen LogP contribution in [-0.2, 0) is 4.74 Å². The van der Waals surface area contributed by atoms with Crippen LogP contribution in [0.25, 0.3) is 0 Å². The highest BCUT2D eigenvalue weighted by Crippen LogP contribution is 2.22. The average Bonchev–Trinajstić information content (AvgIpc) is 2.96. The number of pyridine rings is 1. The Kier molecular flexibility index (Phi) is 4.38. The Morgan fingerprint density at radius 3 is 2.71 bits per heavy atom. The first-order valence-corrected chi connectivity index (χ1v) is 7.77. The van der Waals surface area contributed by atoms with E-state index in [1.165, 1.54) is 11.3 Å². The molecule has 5 nitrogen and oxygen atoms in total. The van der Waals surface area contributed by atoms with Crippen molar-refractivity contribution in [3.05, 3.63) is 39.7 Å². The fourth-order valence-electron chi connectivity index (χ4n) is 2.07. The van der Waals surface area contributed by atoms with E-state index in [9.17, 15) is 4.79 Å². The van der Waals surface area contributed by atoms with Crippen LogP contribution in [0.4, 0.5) is 11.5 Å². The van der Waals surface area contributed by atoms with Crippen LogP contribution in [0.3, 0.4) is 0 Å². The molecule has 1 amide bonds.